The van der Waals surface area contributed by atoms with Crippen LogP contribution in [0.25, 0.3) is 0 Å². The largest absolute Gasteiger partial charge is 0.401 e. The third kappa shape index (κ3) is 5.67. The van der Waals surface area contributed by atoms with Gasteiger partial charge >= 0.3 is 12.2 Å². The molecule has 0 aliphatic carbocycles. The Labute approximate surface area is 139 Å². The monoisotopic (exact) mass is 344 g/mol. The molecule has 0 unspecified atom stereocenters. The van der Waals surface area contributed by atoms with Gasteiger partial charge in [-0.25, -0.2) is 9.78 Å². The van der Waals surface area contributed by atoms with Crippen molar-refractivity contribution >= 4 is 11.8 Å². The number of amides is 2. The number of carbonyl (C=O) groups excluding carboxylic acids is 1. The van der Waals surface area contributed by atoms with Crippen LogP contribution < -0.4 is 5.32 Å². The van der Waals surface area contributed by atoms with Gasteiger partial charge in [-0.1, -0.05) is 13.0 Å². The molecule has 1 N–H and O–H groups in total. The van der Waals surface area contributed by atoms with Crippen LogP contribution in [-0.4, -0.2) is 59.7 Å². The van der Waals surface area contributed by atoms with Gasteiger partial charge in [0.2, 0.25) is 0 Å². The Morgan fingerprint density at radius 2 is 2.21 bits per heavy atom. The number of pyridine rings is 1. The van der Waals surface area contributed by atoms with Crippen molar-refractivity contribution in [3.8, 4) is 0 Å². The first-order valence-electron chi connectivity index (χ1n) is 8.04. The number of nitrogens with zero attached hydrogens (tertiary/aromatic N) is 3. The number of aryl methyl sites for hydroxylation is 1. The van der Waals surface area contributed by atoms with Crippen molar-refractivity contribution in [2.24, 2.45) is 5.92 Å². The van der Waals surface area contributed by atoms with E-state index in [-0.39, 0.29) is 11.9 Å². The average molecular weight is 344 g/mol. The molecule has 0 radical (unpaired) electrons. The fourth-order valence-electron chi connectivity index (χ4n) is 2.82. The summed E-state index contributed by atoms with van der Waals surface area (Å²) < 4.78 is 37.6. The quantitative estimate of drug-likeness (QED) is 0.893. The maximum absolute atomic E-state index is 12.5. The first-order valence-corrected chi connectivity index (χ1v) is 8.04. The van der Waals surface area contributed by atoms with Crippen molar-refractivity contribution < 1.29 is 18.0 Å². The van der Waals surface area contributed by atoms with Gasteiger partial charge in [0.25, 0.3) is 0 Å². The number of carbonyl (C=O) groups is 1. The van der Waals surface area contributed by atoms with E-state index >= 15 is 0 Å². The van der Waals surface area contributed by atoms with Crippen LogP contribution in [0.3, 0.4) is 0 Å². The number of anilines is 1. The van der Waals surface area contributed by atoms with Crippen LogP contribution in [0.15, 0.2) is 18.3 Å². The number of urea groups is 1. The maximum atomic E-state index is 12.5. The van der Waals surface area contributed by atoms with Gasteiger partial charge in [0, 0.05) is 25.8 Å². The molecule has 0 aromatic carbocycles. The second-order valence-electron chi connectivity index (χ2n) is 6.19. The van der Waals surface area contributed by atoms with E-state index in [9.17, 15) is 18.0 Å². The summed E-state index contributed by atoms with van der Waals surface area (Å²) in [6, 6.07) is 3.32. The third-order valence-electron chi connectivity index (χ3n) is 4.09. The van der Waals surface area contributed by atoms with E-state index in [1.54, 1.807) is 24.1 Å². The van der Waals surface area contributed by atoms with Crippen molar-refractivity contribution in [3.05, 3.63) is 23.9 Å². The summed E-state index contributed by atoms with van der Waals surface area (Å²) in [6.07, 6.45) is -1.81. The van der Waals surface area contributed by atoms with Crippen molar-refractivity contribution in [1.29, 1.82) is 0 Å². The molecule has 24 heavy (non-hydrogen) atoms. The highest BCUT2D eigenvalue weighted by atomic mass is 19.4. The Balaban J connectivity index is 1.83. The molecule has 1 aliphatic rings. The predicted octanol–water partition coefficient (Wildman–Crippen LogP) is 3.13. The Morgan fingerprint density at radius 3 is 2.79 bits per heavy atom. The maximum Gasteiger partial charge on any atom is 0.401 e. The van der Waals surface area contributed by atoms with Gasteiger partial charge in [-0.2, -0.15) is 13.2 Å². The normalized spacial score (nSPS) is 18.2. The van der Waals surface area contributed by atoms with Crippen LogP contribution >= 0.6 is 0 Å². The third-order valence-corrected chi connectivity index (χ3v) is 4.09. The number of hydrogen-bond donors (Lipinski definition) is 1. The average Bonchev–Trinajstić information content (AvgIpc) is 2.96. The number of likely N-dealkylation sites (tertiary alicyclic amines) is 1. The highest BCUT2D eigenvalue weighted by molar-refractivity contribution is 5.88. The second kappa shape index (κ2) is 7.83. The fourth-order valence-corrected chi connectivity index (χ4v) is 2.82. The van der Waals surface area contributed by atoms with Crippen LogP contribution in [0.4, 0.5) is 23.8 Å². The van der Waals surface area contributed by atoms with Crippen LogP contribution in [0, 0.1) is 12.8 Å². The minimum Gasteiger partial charge on any atom is -0.324 e. The lowest BCUT2D eigenvalue weighted by Gasteiger charge is -2.25. The number of halogens is 3. The van der Waals surface area contributed by atoms with Gasteiger partial charge in [0.1, 0.15) is 5.82 Å². The molecule has 2 heterocycles. The Hall–Kier alpha value is -1.83. The lowest BCUT2D eigenvalue weighted by atomic mass is 10.1. The summed E-state index contributed by atoms with van der Waals surface area (Å²) in [7, 11) is 0. The molecule has 1 aromatic heterocycles. The number of hydrogen-bond acceptors (Lipinski definition) is 3. The van der Waals surface area contributed by atoms with E-state index in [2.05, 4.69) is 10.3 Å². The zero-order valence-corrected chi connectivity index (χ0v) is 13.9. The lowest BCUT2D eigenvalue weighted by Crippen LogP contribution is -2.39. The minimum absolute atomic E-state index is 0.0593. The topological polar surface area (TPSA) is 48.5 Å². The molecule has 2 rings (SSSR count). The molecular formula is C16H23F3N4O. The fraction of sp³-hybridized carbons (Fsp3) is 0.625. The minimum atomic E-state index is -4.19. The highest BCUT2D eigenvalue weighted by Crippen LogP contribution is 2.21. The van der Waals surface area contributed by atoms with Crippen LogP contribution in [-0.2, 0) is 0 Å². The van der Waals surface area contributed by atoms with E-state index in [1.807, 2.05) is 13.0 Å². The summed E-state index contributed by atoms with van der Waals surface area (Å²) in [6.45, 7) is 4.42. The molecule has 5 nitrogen and oxygen atoms in total. The van der Waals surface area contributed by atoms with Crippen molar-refractivity contribution in [2.45, 2.75) is 26.4 Å². The molecule has 1 saturated heterocycles. The van der Waals surface area contributed by atoms with Crippen molar-refractivity contribution in [3.63, 3.8) is 0 Å². The van der Waals surface area contributed by atoms with Crippen LogP contribution in [0.1, 0.15) is 18.9 Å². The van der Waals surface area contributed by atoms with E-state index in [1.165, 1.54) is 4.90 Å². The Bertz CT molecular complexity index is 547. The SMILES string of the molecule is CCN(C[C@H]1CCN(C(=O)Nc2ccc(C)cn2)C1)CC(F)(F)F. The van der Waals surface area contributed by atoms with E-state index in [4.69, 9.17) is 0 Å². The molecule has 8 heteroatoms. The molecule has 1 fully saturated rings. The standard InChI is InChI=1S/C16H23F3N4O/c1-3-22(11-16(17,18)19)9-13-6-7-23(10-13)15(24)21-14-5-4-12(2)8-20-14/h4-5,8,13H,3,6-7,9-11H2,1-2H3,(H,20,21,24)/t13-/m1/s1. The number of rotatable bonds is 5. The first-order chi connectivity index (χ1) is 11.3. The van der Waals surface area contributed by atoms with Gasteiger partial charge in [0.15, 0.2) is 0 Å². The molecule has 1 aliphatic heterocycles. The second-order valence-corrected chi connectivity index (χ2v) is 6.19. The van der Waals surface area contributed by atoms with Gasteiger partial charge in [0.05, 0.1) is 6.54 Å². The summed E-state index contributed by atoms with van der Waals surface area (Å²) in [5.41, 5.74) is 0.999. The number of nitrogens with one attached hydrogen (secondary N) is 1. The van der Waals surface area contributed by atoms with Crippen molar-refractivity contribution in [2.75, 3.05) is 38.0 Å². The first kappa shape index (κ1) is 18.5. The summed E-state index contributed by atoms with van der Waals surface area (Å²) >= 11 is 0. The van der Waals surface area contributed by atoms with Gasteiger partial charge in [-0.3, -0.25) is 10.2 Å². The molecule has 0 spiro atoms. The van der Waals surface area contributed by atoms with E-state index in [0.717, 1.165) is 5.56 Å². The Kier molecular flexibility index (Phi) is 6.04. The van der Waals surface area contributed by atoms with Crippen molar-refractivity contribution in [1.82, 2.24) is 14.8 Å². The summed E-state index contributed by atoms with van der Waals surface area (Å²) in [5, 5.41) is 2.72. The Morgan fingerprint density at radius 1 is 1.46 bits per heavy atom. The van der Waals surface area contributed by atoms with E-state index in [0.29, 0.717) is 38.4 Å². The summed E-state index contributed by atoms with van der Waals surface area (Å²) in [5.74, 6) is 0.533. The van der Waals surface area contributed by atoms with E-state index < -0.39 is 12.7 Å². The predicted molar refractivity (Wildman–Crippen MR) is 85.8 cm³/mol. The lowest BCUT2D eigenvalue weighted by molar-refractivity contribution is -0.146. The smallest absolute Gasteiger partial charge is 0.324 e. The molecule has 1 atom stereocenters. The zero-order valence-electron chi connectivity index (χ0n) is 13.9. The molecular weight excluding hydrogens is 321 g/mol. The zero-order chi connectivity index (χ0) is 17.7. The number of alkyl halides is 3. The molecule has 0 bridgehead atoms. The summed E-state index contributed by atoms with van der Waals surface area (Å²) in [4.78, 5) is 19.3. The van der Waals surface area contributed by atoms with Crippen LogP contribution in [0.5, 0.6) is 0 Å². The molecule has 0 saturated carbocycles. The van der Waals surface area contributed by atoms with Crippen LogP contribution in [0.2, 0.25) is 0 Å². The van der Waals surface area contributed by atoms with Gasteiger partial charge in [-0.05, 0) is 37.4 Å². The van der Waals surface area contributed by atoms with Gasteiger partial charge in [-0.15, -0.1) is 0 Å². The molecule has 134 valence electrons. The highest BCUT2D eigenvalue weighted by Gasteiger charge is 2.33. The molecule has 1 aromatic rings. The number of aromatic nitrogens is 1. The molecule has 2 amide bonds. The van der Waals surface area contributed by atoms with Gasteiger partial charge < -0.3 is 4.90 Å².